The summed E-state index contributed by atoms with van der Waals surface area (Å²) >= 11 is 0. The average molecular weight is 885 g/mol. The summed E-state index contributed by atoms with van der Waals surface area (Å²) in [7, 11) is 0. The first-order valence-corrected chi connectivity index (χ1v) is 22.9. The Kier molecular flexibility index (Phi) is 8.68. The molecule has 13 aromatic rings. The second kappa shape index (κ2) is 15.5. The molecular formula is C60H36N8O. The fraction of sp³-hybridized carbons (Fsp3) is 0. The molecule has 9 aromatic carbocycles. The number of rotatable bonds is 6. The lowest BCUT2D eigenvalue weighted by atomic mass is 9.93. The van der Waals surface area contributed by atoms with Crippen molar-refractivity contribution in [2.24, 2.45) is 0 Å². The van der Waals surface area contributed by atoms with Gasteiger partial charge in [0.15, 0.2) is 23.3 Å². The average Bonchev–Trinajstić information content (AvgIpc) is 3.88. The van der Waals surface area contributed by atoms with Crippen LogP contribution in [0, 0.1) is 0 Å². The molecule has 0 amide bonds. The summed E-state index contributed by atoms with van der Waals surface area (Å²) in [6.45, 7) is 0. The molecule has 1 aliphatic heterocycles. The zero-order chi connectivity index (χ0) is 45.4. The minimum atomic E-state index is 0.511. The van der Waals surface area contributed by atoms with E-state index in [1.165, 1.54) is 0 Å². The fourth-order valence-electron chi connectivity index (χ4n) is 9.88. The maximum absolute atomic E-state index is 7.31. The van der Waals surface area contributed by atoms with Crippen LogP contribution in [0.25, 0.3) is 123 Å². The lowest BCUT2D eigenvalue weighted by Crippen LogP contribution is -2.06. The van der Waals surface area contributed by atoms with Gasteiger partial charge in [-0.2, -0.15) is 19.9 Å². The minimum absolute atomic E-state index is 0.511. The molecule has 322 valence electrons. The normalized spacial score (nSPS) is 11.9. The number of aromatic nitrogens is 8. The molecule has 0 atom stereocenters. The van der Waals surface area contributed by atoms with Crippen LogP contribution in [-0.2, 0) is 0 Å². The zero-order valence-electron chi connectivity index (χ0n) is 36.8. The molecule has 0 saturated heterocycles. The predicted molar refractivity (Wildman–Crippen MR) is 275 cm³/mol. The third kappa shape index (κ3) is 6.32. The Morgan fingerprint density at radius 3 is 0.942 bits per heavy atom. The third-order valence-electron chi connectivity index (χ3n) is 13.1. The first-order chi connectivity index (χ1) is 34.2. The lowest BCUT2D eigenvalue weighted by Gasteiger charge is -2.13. The highest BCUT2D eigenvalue weighted by Crippen LogP contribution is 2.51. The zero-order valence-corrected chi connectivity index (χ0v) is 36.8. The molecule has 14 rings (SSSR count). The number of para-hydroxylation sites is 2. The Morgan fingerprint density at radius 2 is 0.580 bits per heavy atom. The first kappa shape index (κ1) is 38.6. The minimum Gasteiger partial charge on any atom is -0.456 e. The summed E-state index contributed by atoms with van der Waals surface area (Å²) in [5, 5.41) is 4.26. The highest BCUT2D eigenvalue weighted by molar-refractivity contribution is 6.14. The van der Waals surface area contributed by atoms with E-state index in [-0.39, 0.29) is 0 Å². The van der Waals surface area contributed by atoms with Crippen molar-refractivity contribution in [3.8, 4) is 91.2 Å². The maximum Gasteiger partial charge on any atom is 0.238 e. The van der Waals surface area contributed by atoms with Crippen molar-refractivity contribution in [3.63, 3.8) is 0 Å². The van der Waals surface area contributed by atoms with Gasteiger partial charge in [0, 0.05) is 67.1 Å². The van der Waals surface area contributed by atoms with Crippen LogP contribution in [0.2, 0.25) is 0 Å². The van der Waals surface area contributed by atoms with Gasteiger partial charge in [-0.3, -0.25) is 9.13 Å². The van der Waals surface area contributed by atoms with Crippen LogP contribution in [-0.4, -0.2) is 39.0 Å². The van der Waals surface area contributed by atoms with Crippen LogP contribution >= 0.6 is 0 Å². The second-order valence-electron chi connectivity index (χ2n) is 17.1. The van der Waals surface area contributed by atoms with Gasteiger partial charge in [0.1, 0.15) is 11.5 Å². The Hall–Kier alpha value is -9.60. The summed E-state index contributed by atoms with van der Waals surface area (Å²) in [6, 6.07) is 74.6. The molecule has 1 aliphatic rings. The number of hydrogen-bond acceptors (Lipinski definition) is 7. The van der Waals surface area contributed by atoms with Crippen LogP contribution < -0.4 is 4.74 Å². The van der Waals surface area contributed by atoms with Crippen molar-refractivity contribution < 1.29 is 4.74 Å². The molecule has 4 aromatic heterocycles. The van der Waals surface area contributed by atoms with E-state index < -0.39 is 0 Å². The molecular weight excluding hydrogens is 849 g/mol. The first-order valence-electron chi connectivity index (χ1n) is 22.9. The lowest BCUT2D eigenvalue weighted by molar-refractivity contribution is 0.489. The monoisotopic (exact) mass is 884 g/mol. The van der Waals surface area contributed by atoms with Gasteiger partial charge in [0.2, 0.25) is 11.9 Å². The number of fused-ring (bicyclic) bond motifs is 11. The predicted octanol–water partition coefficient (Wildman–Crippen LogP) is 14.4. The van der Waals surface area contributed by atoms with Crippen molar-refractivity contribution in [2.75, 3.05) is 0 Å². The number of nitrogens with zero attached hydrogens (tertiary/aromatic N) is 8. The van der Waals surface area contributed by atoms with Gasteiger partial charge in [-0.25, -0.2) is 9.97 Å². The van der Waals surface area contributed by atoms with Crippen LogP contribution in [0.5, 0.6) is 11.5 Å². The van der Waals surface area contributed by atoms with Crippen molar-refractivity contribution in [1.29, 1.82) is 0 Å². The molecule has 0 bridgehead atoms. The molecule has 5 heterocycles. The maximum atomic E-state index is 7.31. The van der Waals surface area contributed by atoms with E-state index in [9.17, 15) is 0 Å². The summed E-state index contributed by atoms with van der Waals surface area (Å²) < 4.78 is 11.6. The number of benzene rings is 9. The van der Waals surface area contributed by atoms with E-state index in [2.05, 4.69) is 106 Å². The van der Waals surface area contributed by atoms with Gasteiger partial charge >= 0.3 is 0 Å². The summed E-state index contributed by atoms with van der Waals surface area (Å²) in [5.41, 5.74) is 11.5. The van der Waals surface area contributed by atoms with Gasteiger partial charge < -0.3 is 4.74 Å². The summed E-state index contributed by atoms with van der Waals surface area (Å²) in [6.07, 6.45) is 0. The highest BCUT2D eigenvalue weighted by Gasteiger charge is 2.27. The quantitative estimate of drug-likeness (QED) is 0.164. The number of hydrogen-bond donors (Lipinski definition) is 0. The van der Waals surface area contributed by atoms with E-state index >= 15 is 0 Å². The standard InChI is InChI=1S/C60H36N8O/c1-5-19-37(20-6-1)55-61-56(38-21-7-2-8-22-38)64-59(63-55)67-49-31-17-15-29-43(49)45-33-47-41-27-13-14-28-42(41)48-34-46-44-30-16-18-32-50(44)68(52(46)36-54(48)69-53(47)35-51(45)67)60-65-57(39-23-9-3-10-24-39)62-58(66-60)40-25-11-4-12-26-40/h1-36H. The van der Waals surface area contributed by atoms with Crippen molar-refractivity contribution in [2.45, 2.75) is 0 Å². The van der Waals surface area contributed by atoms with Gasteiger partial charge in [-0.1, -0.05) is 182 Å². The van der Waals surface area contributed by atoms with Gasteiger partial charge in [0.25, 0.3) is 0 Å². The molecule has 0 aliphatic carbocycles. The van der Waals surface area contributed by atoms with Crippen molar-refractivity contribution >= 4 is 43.6 Å². The van der Waals surface area contributed by atoms with E-state index in [0.717, 1.165) is 88.1 Å². The van der Waals surface area contributed by atoms with Crippen LogP contribution in [0.1, 0.15) is 0 Å². The van der Waals surface area contributed by atoms with Gasteiger partial charge in [-0.15, -0.1) is 0 Å². The van der Waals surface area contributed by atoms with Crippen molar-refractivity contribution in [3.05, 3.63) is 218 Å². The molecule has 9 heteroatoms. The fourth-order valence-corrected chi connectivity index (χ4v) is 9.88. The number of ether oxygens (including phenoxy) is 1. The Morgan fingerprint density at radius 1 is 0.261 bits per heavy atom. The molecule has 0 radical (unpaired) electrons. The Balaban J connectivity index is 1.01. The molecule has 9 nitrogen and oxygen atoms in total. The second-order valence-corrected chi connectivity index (χ2v) is 17.1. The van der Waals surface area contributed by atoms with E-state index in [1.54, 1.807) is 0 Å². The molecule has 0 saturated carbocycles. The molecule has 0 spiro atoms. The van der Waals surface area contributed by atoms with E-state index in [4.69, 9.17) is 34.6 Å². The van der Waals surface area contributed by atoms with Crippen LogP contribution in [0.3, 0.4) is 0 Å². The summed E-state index contributed by atoms with van der Waals surface area (Å²) in [5.74, 6) is 4.78. The Labute approximate surface area is 395 Å². The molecule has 0 unspecified atom stereocenters. The van der Waals surface area contributed by atoms with Crippen LogP contribution in [0.4, 0.5) is 0 Å². The Bertz CT molecular complexity index is 3770. The van der Waals surface area contributed by atoms with E-state index in [0.29, 0.717) is 46.7 Å². The SMILES string of the molecule is c1ccc(-c2nc(-c3ccccc3)nc(-n3c4ccccc4c4cc5c(cc43)Oc3cc4c(cc3-c3ccccc3-5)c3ccccc3n4-c3nc(-c4ccccc4)nc(-c4ccccc4)n3)n2)cc1. The molecule has 69 heavy (non-hydrogen) atoms. The topological polar surface area (TPSA) is 96.4 Å². The smallest absolute Gasteiger partial charge is 0.238 e. The molecule has 0 fully saturated rings. The largest absolute Gasteiger partial charge is 0.456 e. The third-order valence-corrected chi connectivity index (χ3v) is 13.1. The highest BCUT2D eigenvalue weighted by atomic mass is 16.5. The van der Waals surface area contributed by atoms with Gasteiger partial charge in [0.05, 0.1) is 22.1 Å². The van der Waals surface area contributed by atoms with Crippen molar-refractivity contribution in [1.82, 2.24) is 39.0 Å². The van der Waals surface area contributed by atoms with E-state index in [1.807, 2.05) is 121 Å². The summed E-state index contributed by atoms with van der Waals surface area (Å²) in [4.78, 5) is 30.8. The molecule has 0 N–H and O–H groups in total. The van der Waals surface area contributed by atoms with Crippen LogP contribution in [0.15, 0.2) is 218 Å². The van der Waals surface area contributed by atoms with Gasteiger partial charge in [-0.05, 0) is 35.4 Å².